The molecule has 3 nitrogen and oxygen atoms in total. The third kappa shape index (κ3) is 3.70. The molecule has 7 aromatic carbocycles. The second kappa shape index (κ2) is 9.97. The van der Waals surface area contributed by atoms with E-state index in [0.29, 0.717) is 0 Å². The van der Waals surface area contributed by atoms with Crippen molar-refractivity contribution >= 4 is 60.8 Å². The Morgan fingerprint density at radius 1 is 0.521 bits per heavy atom. The summed E-state index contributed by atoms with van der Waals surface area (Å²) in [5.41, 5.74) is 13.8. The smallest absolute Gasteiger partial charge is 0.137 e. The van der Waals surface area contributed by atoms with E-state index in [0.717, 1.165) is 44.7 Å². The van der Waals surface area contributed by atoms with E-state index in [1.54, 1.807) is 0 Å². The van der Waals surface area contributed by atoms with Gasteiger partial charge >= 0.3 is 0 Å². The van der Waals surface area contributed by atoms with Gasteiger partial charge in [-0.3, -0.25) is 0 Å². The Bertz CT molecular complexity index is 2710. The minimum Gasteiger partial charge on any atom is -0.456 e. The van der Waals surface area contributed by atoms with E-state index >= 15 is 0 Å². The first-order valence-electron chi connectivity index (χ1n) is 16.6. The highest BCUT2D eigenvalue weighted by Gasteiger charge is 2.38. The monoisotopic (exact) mass is 616 g/mol. The van der Waals surface area contributed by atoms with Gasteiger partial charge < -0.3 is 13.9 Å². The summed E-state index contributed by atoms with van der Waals surface area (Å²) in [6, 6.07) is 56.9. The molecule has 0 fully saturated rings. The molecule has 10 rings (SSSR count). The van der Waals surface area contributed by atoms with Crippen LogP contribution in [0.4, 0.5) is 17.1 Å². The van der Waals surface area contributed by atoms with Crippen LogP contribution in [0.3, 0.4) is 0 Å². The lowest BCUT2D eigenvalue weighted by molar-refractivity contribution is 0.660. The first kappa shape index (κ1) is 27.1. The quantitative estimate of drug-likeness (QED) is 0.196. The predicted octanol–water partition coefficient (Wildman–Crippen LogP) is 12.5. The summed E-state index contributed by atoms with van der Waals surface area (Å²) in [4.78, 5) is 2.47. The number of para-hydroxylation sites is 3. The lowest BCUT2D eigenvalue weighted by atomic mass is 9.82. The van der Waals surface area contributed by atoms with E-state index in [1.807, 2.05) is 6.07 Å². The van der Waals surface area contributed by atoms with Gasteiger partial charge in [-0.15, -0.1) is 0 Å². The molecule has 0 bridgehead atoms. The molecular weight excluding hydrogens is 585 g/mol. The van der Waals surface area contributed by atoms with Gasteiger partial charge in [0.05, 0.1) is 27.8 Å². The predicted molar refractivity (Wildman–Crippen MR) is 200 cm³/mol. The van der Waals surface area contributed by atoms with Crippen molar-refractivity contribution in [3.05, 3.63) is 169 Å². The fourth-order valence-corrected chi connectivity index (χ4v) is 8.23. The Morgan fingerprint density at radius 3 is 2.08 bits per heavy atom. The maximum atomic E-state index is 6.45. The van der Waals surface area contributed by atoms with E-state index in [1.165, 1.54) is 44.1 Å². The minimum absolute atomic E-state index is 0.116. The molecule has 2 aromatic heterocycles. The molecule has 228 valence electrons. The van der Waals surface area contributed by atoms with Crippen LogP contribution in [0.1, 0.15) is 25.0 Å². The maximum Gasteiger partial charge on any atom is 0.137 e. The molecule has 0 saturated heterocycles. The van der Waals surface area contributed by atoms with Crippen LogP contribution >= 0.6 is 0 Å². The number of nitrogens with zero attached hydrogens (tertiary/aromatic N) is 2. The average molecular weight is 617 g/mol. The second-order valence-corrected chi connectivity index (χ2v) is 13.3. The van der Waals surface area contributed by atoms with Crippen LogP contribution in [0.25, 0.3) is 60.6 Å². The molecule has 1 aliphatic rings. The van der Waals surface area contributed by atoms with E-state index in [-0.39, 0.29) is 5.41 Å². The molecular formula is C45H32N2O. The molecule has 1 aliphatic carbocycles. The summed E-state index contributed by atoms with van der Waals surface area (Å²) in [6.45, 7) is 4.70. The zero-order valence-corrected chi connectivity index (χ0v) is 26.8. The molecule has 0 saturated carbocycles. The summed E-state index contributed by atoms with van der Waals surface area (Å²) in [5.74, 6) is 0. The van der Waals surface area contributed by atoms with Gasteiger partial charge in [-0.25, -0.2) is 0 Å². The van der Waals surface area contributed by atoms with Crippen molar-refractivity contribution in [1.29, 1.82) is 0 Å². The van der Waals surface area contributed by atoms with Crippen molar-refractivity contribution in [2.75, 3.05) is 4.90 Å². The number of benzene rings is 7. The molecule has 3 heteroatoms. The van der Waals surface area contributed by atoms with Crippen LogP contribution in [0.15, 0.2) is 162 Å². The van der Waals surface area contributed by atoms with Gasteiger partial charge in [0.1, 0.15) is 11.2 Å². The van der Waals surface area contributed by atoms with Gasteiger partial charge in [0.15, 0.2) is 0 Å². The Balaban J connectivity index is 1.32. The third-order valence-electron chi connectivity index (χ3n) is 10.4. The Hall–Kier alpha value is -6.06. The lowest BCUT2D eigenvalue weighted by Gasteiger charge is -2.29. The number of anilines is 3. The van der Waals surface area contributed by atoms with E-state index < -0.39 is 0 Å². The molecule has 0 radical (unpaired) electrons. The minimum atomic E-state index is -0.116. The molecule has 9 aromatic rings. The fraction of sp³-hybridized carbons (Fsp3) is 0.0667. The molecule has 0 amide bonds. The number of fused-ring (bicyclic) bond motifs is 9. The molecule has 0 unspecified atom stereocenters. The lowest BCUT2D eigenvalue weighted by Crippen LogP contribution is -2.16. The summed E-state index contributed by atoms with van der Waals surface area (Å²) in [6.07, 6.45) is 0. The Morgan fingerprint density at radius 2 is 1.19 bits per heavy atom. The van der Waals surface area contributed by atoms with E-state index in [9.17, 15) is 0 Å². The van der Waals surface area contributed by atoms with Gasteiger partial charge in [-0.05, 0) is 77.4 Å². The van der Waals surface area contributed by atoms with Crippen molar-refractivity contribution in [1.82, 2.24) is 4.57 Å². The largest absolute Gasteiger partial charge is 0.456 e. The third-order valence-corrected chi connectivity index (χ3v) is 10.4. The van der Waals surface area contributed by atoms with E-state index in [4.69, 9.17) is 4.42 Å². The fourth-order valence-electron chi connectivity index (χ4n) is 8.23. The zero-order chi connectivity index (χ0) is 32.0. The van der Waals surface area contributed by atoms with Gasteiger partial charge in [0.25, 0.3) is 0 Å². The summed E-state index contributed by atoms with van der Waals surface area (Å²) < 4.78 is 8.82. The number of aromatic nitrogens is 1. The van der Waals surface area contributed by atoms with Crippen molar-refractivity contribution in [2.45, 2.75) is 19.3 Å². The van der Waals surface area contributed by atoms with Crippen LogP contribution in [-0.2, 0) is 5.41 Å². The SMILES string of the molecule is CC1(C)c2ccccc2-c2c(N(c3ccc4c(c3)c3ccccc3n4-c3ccccc3)c3cccc4oc5ccccc5c34)cccc21. The molecule has 2 heterocycles. The standard InChI is InChI=1S/C45H32N2O/c1-45(2)35-19-9-6-17-32(35)43-36(45)20-12-22-39(43)47(40-23-13-25-42-44(40)33-18-8-11-24-41(33)48-42)30-26-27-38-34(28-30)31-16-7-10-21-37(31)46(38)29-14-4-3-5-15-29/h3-28H,1-2H3. The first-order chi connectivity index (χ1) is 23.6. The van der Waals surface area contributed by atoms with Crippen LogP contribution in [-0.4, -0.2) is 4.57 Å². The molecule has 0 aliphatic heterocycles. The Labute approximate surface area is 278 Å². The van der Waals surface area contributed by atoms with Crippen LogP contribution in [0.5, 0.6) is 0 Å². The highest BCUT2D eigenvalue weighted by Crippen LogP contribution is 2.55. The van der Waals surface area contributed by atoms with Crippen molar-refractivity contribution in [2.24, 2.45) is 0 Å². The van der Waals surface area contributed by atoms with Crippen LogP contribution < -0.4 is 4.90 Å². The normalized spacial score (nSPS) is 13.4. The maximum absolute atomic E-state index is 6.45. The molecule has 0 atom stereocenters. The molecule has 48 heavy (non-hydrogen) atoms. The topological polar surface area (TPSA) is 21.3 Å². The van der Waals surface area contributed by atoms with Crippen LogP contribution in [0.2, 0.25) is 0 Å². The highest BCUT2D eigenvalue weighted by molar-refractivity contribution is 6.15. The zero-order valence-electron chi connectivity index (χ0n) is 26.8. The average Bonchev–Trinajstić information content (AvgIpc) is 3.75. The molecule has 0 N–H and O–H groups in total. The summed E-state index contributed by atoms with van der Waals surface area (Å²) in [7, 11) is 0. The van der Waals surface area contributed by atoms with Gasteiger partial charge in [0, 0.05) is 38.5 Å². The molecule has 0 spiro atoms. The highest BCUT2D eigenvalue weighted by atomic mass is 16.3. The van der Waals surface area contributed by atoms with Gasteiger partial charge in [0.2, 0.25) is 0 Å². The number of furan rings is 1. The second-order valence-electron chi connectivity index (χ2n) is 13.3. The number of hydrogen-bond donors (Lipinski definition) is 0. The van der Waals surface area contributed by atoms with Crippen molar-refractivity contribution < 1.29 is 4.42 Å². The number of hydrogen-bond acceptors (Lipinski definition) is 2. The van der Waals surface area contributed by atoms with Crippen molar-refractivity contribution in [3.8, 4) is 16.8 Å². The Kier molecular flexibility index (Phi) is 5.63. The first-order valence-corrected chi connectivity index (χ1v) is 16.6. The van der Waals surface area contributed by atoms with Crippen molar-refractivity contribution in [3.63, 3.8) is 0 Å². The summed E-state index contributed by atoms with van der Waals surface area (Å²) >= 11 is 0. The van der Waals surface area contributed by atoms with Gasteiger partial charge in [-0.2, -0.15) is 0 Å². The van der Waals surface area contributed by atoms with E-state index in [2.05, 4.69) is 175 Å². The number of rotatable bonds is 4. The summed E-state index contributed by atoms with van der Waals surface area (Å²) in [5, 5.41) is 4.68. The van der Waals surface area contributed by atoms with Crippen LogP contribution in [0, 0.1) is 0 Å². The van der Waals surface area contributed by atoms with Gasteiger partial charge in [-0.1, -0.05) is 111 Å².